The second-order valence-electron chi connectivity index (χ2n) is 4.01. The molecule has 0 saturated heterocycles. The molecule has 2 rings (SSSR count). The molecule has 0 bridgehead atoms. The molecule has 0 saturated carbocycles. The van der Waals surface area contributed by atoms with Gasteiger partial charge in [-0.1, -0.05) is 6.07 Å². The summed E-state index contributed by atoms with van der Waals surface area (Å²) >= 11 is 0. The van der Waals surface area contributed by atoms with Crippen LogP contribution < -0.4 is 15.8 Å². The summed E-state index contributed by atoms with van der Waals surface area (Å²) in [6.45, 7) is 0.946. The SMILES string of the molecule is COc1cccc2[nH]cc(CC(=O)NCCN)c12. The molecule has 0 aliphatic rings. The number of amides is 1. The van der Waals surface area contributed by atoms with Gasteiger partial charge in [-0.15, -0.1) is 0 Å². The van der Waals surface area contributed by atoms with Crippen LogP contribution in [-0.2, 0) is 11.2 Å². The Morgan fingerprint density at radius 3 is 3.06 bits per heavy atom. The molecule has 2 aromatic rings. The van der Waals surface area contributed by atoms with Crippen molar-refractivity contribution < 1.29 is 9.53 Å². The van der Waals surface area contributed by atoms with Gasteiger partial charge < -0.3 is 20.8 Å². The lowest BCUT2D eigenvalue weighted by Gasteiger charge is -2.05. The number of carbonyl (C=O) groups is 1. The van der Waals surface area contributed by atoms with Gasteiger partial charge in [-0.05, 0) is 17.7 Å². The lowest BCUT2D eigenvalue weighted by Crippen LogP contribution is -2.30. The molecule has 0 spiro atoms. The van der Waals surface area contributed by atoms with Crippen molar-refractivity contribution in [3.63, 3.8) is 0 Å². The van der Waals surface area contributed by atoms with Crippen molar-refractivity contribution >= 4 is 16.8 Å². The van der Waals surface area contributed by atoms with E-state index in [1.807, 2.05) is 24.4 Å². The molecule has 0 fully saturated rings. The van der Waals surface area contributed by atoms with Gasteiger partial charge in [0, 0.05) is 30.2 Å². The van der Waals surface area contributed by atoms with Crippen LogP contribution in [0.15, 0.2) is 24.4 Å². The van der Waals surface area contributed by atoms with Crippen LogP contribution in [0.5, 0.6) is 5.75 Å². The first-order valence-corrected chi connectivity index (χ1v) is 5.86. The number of nitrogens with two attached hydrogens (primary N) is 1. The van der Waals surface area contributed by atoms with Gasteiger partial charge in [-0.2, -0.15) is 0 Å². The number of carbonyl (C=O) groups excluding carboxylic acids is 1. The predicted octanol–water partition coefficient (Wildman–Crippen LogP) is 0.794. The van der Waals surface area contributed by atoms with Gasteiger partial charge in [-0.3, -0.25) is 4.79 Å². The van der Waals surface area contributed by atoms with Crippen LogP contribution in [0.3, 0.4) is 0 Å². The molecule has 1 amide bonds. The Morgan fingerprint density at radius 1 is 1.50 bits per heavy atom. The number of methoxy groups -OCH3 is 1. The van der Waals surface area contributed by atoms with Gasteiger partial charge in [0.1, 0.15) is 5.75 Å². The van der Waals surface area contributed by atoms with E-state index in [4.69, 9.17) is 10.5 Å². The first-order valence-electron chi connectivity index (χ1n) is 5.86. The average Bonchev–Trinajstić information content (AvgIpc) is 2.79. The minimum Gasteiger partial charge on any atom is -0.496 e. The Kier molecular flexibility index (Phi) is 3.84. The molecule has 0 unspecified atom stereocenters. The predicted molar refractivity (Wildman–Crippen MR) is 70.6 cm³/mol. The maximum atomic E-state index is 11.7. The summed E-state index contributed by atoms with van der Waals surface area (Å²) in [6, 6.07) is 5.76. The number of H-pyrrole nitrogens is 1. The number of nitrogens with one attached hydrogen (secondary N) is 2. The molecular weight excluding hydrogens is 230 g/mol. The largest absolute Gasteiger partial charge is 0.496 e. The fourth-order valence-corrected chi connectivity index (χ4v) is 1.98. The number of aromatic nitrogens is 1. The molecule has 0 atom stereocenters. The van der Waals surface area contributed by atoms with Crippen LogP contribution in [0, 0.1) is 0 Å². The summed E-state index contributed by atoms with van der Waals surface area (Å²) < 4.78 is 5.32. The fraction of sp³-hybridized carbons (Fsp3) is 0.308. The zero-order chi connectivity index (χ0) is 13.0. The summed E-state index contributed by atoms with van der Waals surface area (Å²) in [5.74, 6) is 0.739. The molecule has 1 aromatic carbocycles. The van der Waals surface area contributed by atoms with E-state index in [2.05, 4.69) is 10.3 Å². The molecule has 0 radical (unpaired) electrons. The standard InChI is InChI=1S/C13H17N3O2/c1-18-11-4-2-3-10-13(11)9(8-16-10)7-12(17)15-6-5-14/h2-4,8,16H,5-7,14H2,1H3,(H,15,17). The van der Waals surface area contributed by atoms with Crippen LogP contribution in [0.1, 0.15) is 5.56 Å². The topological polar surface area (TPSA) is 80.1 Å². The van der Waals surface area contributed by atoms with Gasteiger partial charge in [0.15, 0.2) is 0 Å². The smallest absolute Gasteiger partial charge is 0.224 e. The van der Waals surface area contributed by atoms with E-state index in [0.717, 1.165) is 22.2 Å². The average molecular weight is 247 g/mol. The third-order valence-corrected chi connectivity index (χ3v) is 2.79. The molecule has 5 heteroatoms. The molecule has 5 nitrogen and oxygen atoms in total. The van der Waals surface area contributed by atoms with Crippen molar-refractivity contribution in [1.29, 1.82) is 0 Å². The molecule has 1 heterocycles. The van der Waals surface area contributed by atoms with E-state index in [0.29, 0.717) is 19.5 Å². The first-order chi connectivity index (χ1) is 8.76. The van der Waals surface area contributed by atoms with Crippen molar-refractivity contribution in [3.05, 3.63) is 30.0 Å². The minimum absolute atomic E-state index is 0.0349. The Bertz CT molecular complexity index is 548. The minimum atomic E-state index is -0.0349. The lowest BCUT2D eigenvalue weighted by molar-refractivity contribution is -0.120. The monoisotopic (exact) mass is 247 g/mol. The van der Waals surface area contributed by atoms with E-state index >= 15 is 0 Å². The van der Waals surface area contributed by atoms with Gasteiger partial charge in [0.25, 0.3) is 0 Å². The van der Waals surface area contributed by atoms with Crippen molar-refractivity contribution in [1.82, 2.24) is 10.3 Å². The maximum Gasteiger partial charge on any atom is 0.224 e. The van der Waals surface area contributed by atoms with Gasteiger partial charge in [0.05, 0.1) is 13.5 Å². The van der Waals surface area contributed by atoms with E-state index in [-0.39, 0.29) is 5.91 Å². The highest BCUT2D eigenvalue weighted by Gasteiger charge is 2.11. The lowest BCUT2D eigenvalue weighted by atomic mass is 10.1. The van der Waals surface area contributed by atoms with Crippen LogP contribution in [-0.4, -0.2) is 31.1 Å². The zero-order valence-corrected chi connectivity index (χ0v) is 10.3. The van der Waals surface area contributed by atoms with Crippen molar-refractivity contribution in [2.24, 2.45) is 5.73 Å². The molecule has 1 aromatic heterocycles. The van der Waals surface area contributed by atoms with Crippen molar-refractivity contribution in [2.45, 2.75) is 6.42 Å². The summed E-state index contributed by atoms with van der Waals surface area (Å²) in [5, 5.41) is 3.72. The molecular formula is C13H17N3O2. The molecule has 96 valence electrons. The van der Waals surface area contributed by atoms with Crippen LogP contribution >= 0.6 is 0 Å². The number of rotatable bonds is 5. The zero-order valence-electron chi connectivity index (χ0n) is 10.3. The third-order valence-electron chi connectivity index (χ3n) is 2.79. The third kappa shape index (κ3) is 2.46. The second-order valence-corrected chi connectivity index (χ2v) is 4.01. The second kappa shape index (κ2) is 5.55. The number of fused-ring (bicyclic) bond motifs is 1. The van der Waals surface area contributed by atoms with Gasteiger partial charge in [0.2, 0.25) is 5.91 Å². The van der Waals surface area contributed by atoms with Gasteiger partial charge >= 0.3 is 0 Å². The summed E-state index contributed by atoms with van der Waals surface area (Å²) in [4.78, 5) is 14.8. The van der Waals surface area contributed by atoms with Gasteiger partial charge in [-0.25, -0.2) is 0 Å². The summed E-state index contributed by atoms with van der Waals surface area (Å²) in [6.07, 6.45) is 2.16. The number of hydrogen-bond acceptors (Lipinski definition) is 3. The molecule has 0 aliphatic carbocycles. The summed E-state index contributed by atoms with van der Waals surface area (Å²) in [7, 11) is 1.63. The maximum absolute atomic E-state index is 11.7. The van der Waals surface area contributed by atoms with E-state index in [9.17, 15) is 4.79 Å². The Balaban J connectivity index is 2.25. The van der Waals surface area contributed by atoms with Crippen LogP contribution in [0.2, 0.25) is 0 Å². The molecule has 18 heavy (non-hydrogen) atoms. The molecule has 4 N–H and O–H groups in total. The van der Waals surface area contributed by atoms with E-state index in [1.165, 1.54) is 0 Å². The number of ether oxygens (including phenoxy) is 1. The van der Waals surface area contributed by atoms with E-state index in [1.54, 1.807) is 7.11 Å². The van der Waals surface area contributed by atoms with Crippen molar-refractivity contribution in [3.8, 4) is 5.75 Å². The van der Waals surface area contributed by atoms with Crippen LogP contribution in [0.4, 0.5) is 0 Å². The van der Waals surface area contributed by atoms with Crippen molar-refractivity contribution in [2.75, 3.05) is 20.2 Å². The fourth-order valence-electron chi connectivity index (χ4n) is 1.98. The van der Waals surface area contributed by atoms with E-state index < -0.39 is 0 Å². The Hall–Kier alpha value is -2.01. The Labute approximate surface area is 105 Å². The number of benzene rings is 1. The first kappa shape index (κ1) is 12.4. The highest BCUT2D eigenvalue weighted by molar-refractivity contribution is 5.93. The normalized spacial score (nSPS) is 10.6. The number of aromatic amines is 1. The summed E-state index contributed by atoms with van der Waals surface area (Å²) in [5.41, 5.74) is 7.24. The van der Waals surface area contributed by atoms with Crippen LogP contribution in [0.25, 0.3) is 10.9 Å². The Morgan fingerprint density at radius 2 is 2.33 bits per heavy atom. The quantitative estimate of drug-likeness (QED) is 0.731. The highest BCUT2D eigenvalue weighted by atomic mass is 16.5. The highest BCUT2D eigenvalue weighted by Crippen LogP contribution is 2.28. The molecule has 0 aliphatic heterocycles. The number of hydrogen-bond donors (Lipinski definition) is 3.